The topological polar surface area (TPSA) is 0 Å². The minimum Gasteiger partial charge on any atom is -0.358 e. The molecular formula is C15H26Ru. The van der Waals surface area contributed by atoms with Crippen LogP contribution in [0.25, 0.3) is 0 Å². The van der Waals surface area contributed by atoms with Gasteiger partial charge in [0.05, 0.1) is 0 Å². The van der Waals surface area contributed by atoms with Crippen LogP contribution in [0.15, 0.2) is 42.5 Å². The summed E-state index contributed by atoms with van der Waals surface area (Å²) in [6, 6.07) is 10.3. The molecule has 0 amide bonds. The molecular weight excluding hydrogens is 281 g/mol. The van der Waals surface area contributed by atoms with Crippen molar-refractivity contribution in [3.05, 3.63) is 62.9 Å². The maximum absolute atomic E-state index is 3.74. The number of allylic oxidation sites excluding steroid dienone is 1. The zero-order chi connectivity index (χ0) is 10.1. The molecule has 0 bridgehead atoms. The van der Waals surface area contributed by atoms with Crippen LogP contribution < -0.4 is 0 Å². The van der Waals surface area contributed by atoms with Crippen LogP contribution in [0.1, 0.15) is 32.3 Å². The molecule has 94 valence electrons. The van der Waals surface area contributed by atoms with E-state index in [1.165, 1.54) is 24.0 Å². The summed E-state index contributed by atoms with van der Waals surface area (Å²) >= 11 is 0. The number of rotatable bonds is 2. The van der Waals surface area contributed by atoms with Gasteiger partial charge in [0.1, 0.15) is 0 Å². The molecule has 0 aliphatic carbocycles. The third-order valence-electron chi connectivity index (χ3n) is 1.62. The van der Waals surface area contributed by atoms with Gasteiger partial charge in [0, 0.05) is 0 Å². The average molecular weight is 307 g/mol. The van der Waals surface area contributed by atoms with Crippen molar-refractivity contribution in [2.24, 2.45) is 0 Å². The molecule has 0 atom stereocenters. The van der Waals surface area contributed by atoms with Gasteiger partial charge in [-0.2, -0.15) is 0 Å². The van der Waals surface area contributed by atoms with Crippen LogP contribution in [0, 0.1) is 21.8 Å². The van der Waals surface area contributed by atoms with Crippen LogP contribution >= 0.6 is 0 Å². The van der Waals surface area contributed by atoms with Crippen LogP contribution in [-0.4, -0.2) is 0 Å². The first-order valence-electron chi connectivity index (χ1n) is 4.82. The fraction of sp³-hybridized carbons (Fsp3) is 0.333. The molecule has 0 nitrogen and oxygen atoms in total. The van der Waals surface area contributed by atoms with Gasteiger partial charge < -0.3 is 14.9 Å². The molecule has 16 heavy (non-hydrogen) atoms. The molecule has 0 radical (unpaired) electrons. The van der Waals surface area contributed by atoms with E-state index in [0.29, 0.717) is 0 Å². The summed E-state index contributed by atoms with van der Waals surface area (Å²) in [6.45, 7) is 10.0. The fourth-order valence-corrected chi connectivity index (χ4v) is 0.961. The van der Waals surface area contributed by atoms with Gasteiger partial charge in [0.2, 0.25) is 0 Å². The predicted molar refractivity (Wildman–Crippen MR) is 73.7 cm³/mol. The second kappa shape index (κ2) is 17.0. The third-order valence-corrected chi connectivity index (χ3v) is 1.62. The number of aryl methyl sites for hydroxylation is 1. The van der Waals surface area contributed by atoms with E-state index < -0.39 is 0 Å². The minimum absolute atomic E-state index is 0. The molecule has 1 aromatic carbocycles. The normalized spacial score (nSPS) is 6.94. The van der Waals surface area contributed by atoms with Gasteiger partial charge in [-0.1, -0.05) is 54.8 Å². The van der Waals surface area contributed by atoms with E-state index in [9.17, 15) is 0 Å². The van der Waals surface area contributed by atoms with E-state index >= 15 is 0 Å². The monoisotopic (exact) mass is 308 g/mol. The van der Waals surface area contributed by atoms with E-state index in [4.69, 9.17) is 0 Å². The van der Waals surface area contributed by atoms with Crippen LogP contribution in [0.5, 0.6) is 0 Å². The molecule has 0 aliphatic heterocycles. The Labute approximate surface area is 116 Å². The molecule has 0 saturated carbocycles. The zero-order valence-electron chi connectivity index (χ0n) is 11.4. The summed E-state index contributed by atoms with van der Waals surface area (Å²) in [5, 5.41) is 0. The summed E-state index contributed by atoms with van der Waals surface area (Å²) in [7, 11) is 0. The Bertz CT molecular complexity index is 226. The van der Waals surface area contributed by atoms with Gasteiger partial charge >= 0.3 is 19.5 Å². The number of hydrogen-bond acceptors (Lipinski definition) is 0. The molecule has 0 saturated heterocycles. The van der Waals surface area contributed by atoms with Crippen LogP contribution in [0.3, 0.4) is 0 Å². The molecule has 1 heteroatoms. The number of benzene rings is 1. The van der Waals surface area contributed by atoms with E-state index in [1.54, 1.807) is 0 Å². The maximum Gasteiger partial charge on any atom is 2.00 e. The maximum atomic E-state index is 3.74. The third kappa shape index (κ3) is 19.2. The second-order valence-corrected chi connectivity index (χ2v) is 3.36. The van der Waals surface area contributed by atoms with Crippen molar-refractivity contribution >= 4 is 0 Å². The quantitative estimate of drug-likeness (QED) is 0.397. The van der Waals surface area contributed by atoms with Crippen molar-refractivity contribution < 1.29 is 19.5 Å². The van der Waals surface area contributed by atoms with Crippen molar-refractivity contribution in [1.29, 1.82) is 0 Å². The summed E-state index contributed by atoms with van der Waals surface area (Å²) in [4.78, 5) is 0. The molecule has 1 aromatic rings. The summed E-state index contributed by atoms with van der Waals surface area (Å²) in [6.07, 6.45) is 2.41. The van der Waals surface area contributed by atoms with Gasteiger partial charge in [0.25, 0.3) is 0 Å². The number of hydrogen-bond donors (Lipinski definition) is 0. The van der Waals surface area contributed by atoms with E-state index in [1.807, 2.05) is 18.2 Å². The summed E-state index contributed by atoms with van der Waals surface area (Å²) in [5.74, 6) is 0. The Morgan fingerprint density at radius 3 is 1.69 bits per heavy atom. The van der Waals surface area contributed by atoms with Gasteiger partial charge in [-0.3, -0.25) is 0 Å². The second-order valence-electron chi connectivity index (χ2n) is 3.36. The Morgan fingerprint density at radius 2 is 1.56 bits per heavy atom. The Balaban J connectivity index is -0.0000000767. The molecule has 0 N–H and O–H groups in total. The molecule has 0 spiro atoms. The van der Waals surface area contributed by atoms with Crippen molar-refractivity contribution in [1.82, 2.24) is 0 Å². The van der Waals surface area contributed by atoms with Crippen LogP contribution in [-0.2, 0) is 19.5 Å². The Kier molecular flexibility index (Phi) is 26.2. The Hall–Kier alpha value is -0.417. The molecule has 1 rings (SSSR count). The van der Waals surface area contributed by atoms with Crippen molar-refractivity contribution in [2.75, 3.05) is 0 Å². The minimum atomic E-state index is 0. The first-order chi connectivity index (χ1) is 6.16. The predicted octanol–water partition coefficient (Wildman–Crippen LogP) is 5.26. The molecule has 0 heterocycles. The standard InChI is InChI=1S/C7H8.C6H12.2CH3.Ru/c1-7-5-3-2-4-6-7;1-4-5-6(2)3;;;/h2-6H,1H3;2,4-5H2,1,3H3;2*1H3;/q;;2*-1;+2. The Morgan fingerprint density at radius 1 is 1.12 bits per heavy atom. The first kappa shape index (κ1) is 24.7. The van der Waals surface area contributed by atoms with Crippen molar-refractivity contribution in [2.45, 2.75) is 33.6 Å². The summed E-state index contributed by atoms with van der Waals surface area (Å²) in [5.41, 5.74) is 2.61. The van der Waals surface area contributed by atoms with Gasteiger partial charge in [-0.25, -0.2) is 0 Å². The van der Waals surface area contributed by atoms with E-state index in [2.05, 4.69) is 39.5 Å². The molecule has 0 aromatic heterocycles. The fourth-order valence-electron chi connectivity index (χ4n) is 0.961. The first-order valence-corrected chi connectivity index (χ1v) is 4.82. The molecule has 0 unspecified atom stereocenters. The van der Waals surface area contributed by atoms with Crippen LogP contribution in [0.2, 0.25) is 0 Å². The van der Waals surface area contributed by atoms with Crippen molar-refractivity contribution in [3.8, 4) is 0 Å². The van der Waals surface area contributed by atoms with E-state index in [0.717, 1.165) is 0 Å². The van der Waals surface area contributed by atoms with Gasteiger partial charge in [-0.15, -0.1) is 6.58 Å². The van der Waals surface area contributed by atoms with Gasteiger partial charge in [0.15, 0.2) is 0 Å². The molecule has 0 fully saturated rings. The van der Waals surface area contributed by atoms with E-state index in [-0.39, 0.29) is 34.3 Å². The molecule has 0 aliphatic rings. The zero-order valence-corrected chi connectivity index (χ0v) is 13.1. The largest absolute Gasteiger partial charge is 2.00 e. The SMILES string of the molecule is C=C(C)CCC.Cc1ccccc1.[CH3-].[CH3-].[Ru+2]. The van der Waals surface area contributed by atoms with Crippen LogP contribution in [0.4, 0.5) is 0 Å². The smallest absolute Gasteiger partial charge is 0.358 e. The summed E-state index contributed by atoms with van der Waals surface area (Å²) < 4.78 is 0. The average Bonchev–Trinajstić information content (AvgIpc) is 2.06. The van der Waals surface area contributed by atoms with Crippen molar-refractivity contribution in [3.63, 3.8) is 0 Å². The van der Waals surface area contributed by atoms with Gasteiger partial charge in [-0.05, 0) is 20.3 Å².